The first-order valence-corrected chi connectivity index (χ1v) is 32.2. The van der Waals surface area contributed by atoms with Gasteiger partial charge in [-0.2, -0.15) is 8.42 Å². The van der Waals surface area contributed by atoms with Gasteiger partial charge in [0.05, 0.1) is 0 Å². The monoisotopic (exact) mass is 1000 g/mol. The topological polar surface area (TPSA) is 103 Å². The summed E-state index contributed by atoms with van der Waals surface area (Å²) in [5.41, 5.74) is 2.68. The highest BCUT2D eigenvalue weighted by atomic mass is 32.2. The second-order valence-electron chi connectivity index (χ2n) is 21.7. The van der Waals surface area contributed by atoms with Gasteiger partial charge < -0.3 is 10.6 Å². The number of amides is 2. The maximum absolute atomic E-state index is 13.1. The summed E-state index contributed by atoms with van der Waals surface area (Å²) in [5.74, 6) is 0.373. The van der Waals surface area contributed by atoms with Crippen molar-refractivity contribution < 1.29 is 13.2 Å². The maximum Gasteiger partial charge on any atom is 0.333 e. The third kappa shape index (κ3) is 43.9. The number of para-hydroxylation sites is 1. The minimum atomic E-state index is -4.08. The van der Waals surface area contributed by atoms with Crippen LogP contribution in [0.1, 0.15) is 335 Å². The molecule has 0 radical (unpaired) electrons. The molecule has 0 aliphatic heterocycles. The fourth-order valence-electron chi connectivity index (χ4n) is 9.53. The number of hydrazine groups is 1. The van der Waals surface area contributed by atoms with E-state index in [0.29, 0.717) is 18.8 Å². The molecule has 2 amide bonds. The van der Waals surface area contributed by atoms with Gasteiger partial charge in [-0.1, -0.05) is 305 Å². The minimum Gasteiger partial charge on any atom is -0.317 e. The zero-order valence-electron chi connectivity index (χ0n) is 48.1. The molecule has 0 aromatic heterocycles. The summed E-state index contributed by atoms with van der Waals surface area (Å²) in [6, 6.07) is 5.22. The molecule has 0 heterocycles. The first-order valence-electron chi connectivity index (χ1n) is 30.7. The van der Waals surface area contributed by atoms with Gasteiger partial charge in [0.1, 0.15) is 0 Å². The van der Waals surface area contributed by atoms with Crippen molar-refractivity contribution in [1.82, 2.24) is 19.9 Å². The SMILES string of the molecule is CCCCCCCCCCCCN(CCCCCCCCCCCC)NS(=O)(=O)NC(=O)Nc1c(C(C)C)cccc1C(C)C.CCCCCCCCCCCCNCCCCCCCCCCCC. The molecule has 414 valence electrons. The minimum absolute atomic E-state index is 0.186. The number of urea groups is 1. The molecule has 0 atom stereocenters. The first-order chi connectivity index (χ1) is 34.0. The number of nitrogens with one attached hydrogen (secondary N) is 4. The highest BCUT2D eigenvalue weighted by molar-refractivity contribution is 7.88. The Morgan fingerprint density at radius 1 is 0.429 bits per heavy atom. The van der Waals surface area contributed by atoms with E-state index in [1.807, 2.05) is 18.2 Å². The van der Waals surface area contributed by atoms with E-state index in [-0.39, 0.29) is 11.8 Å². The maximum atomic E-state index is 13.1. The Kier molecular flexibility index (Phi) is 49.6. The lowest BCUT2D eigenvalue weighted by Gasteiger charge is -2.24. The van der Waals surface area contributed by atoms with Gasteiger partial charge in [0, 0.05) is 18.8 Å². The highest BCUT2D eigenvalue weighted by Gasteiger charge is 2.21. The van der Waals surface area contributed by atoms with Gasteiger partial charge in [-0.3, -0.25) is 0 Å². The van der Waals surface area contributed by atoms with Crippen molar-refractivity contribution in [3.05, 3.63) is 29.3 Å². The van der Waals surface area contributed by atoms with Crippen LogP contribution in [-0.4, -0.2) is 45.6 Å². The van der Waals surface area contributed by atoms with Crippen molar-refractivity contribution in [3.8, 4) is 0 Å². The van der Waals surface area contributed by atoms with Gasteiger partial charge in [-0.15, -0.1) is 4.83 Å². The van der Waals surface area contributed by atoms with Crippen LogP contribution in [0.15, 0.2) is 18.2 Å². The Bertz CT molecular complexity index is 1300. The molecule has 0 unspecified atom stereocenters. The van der Waals surface area contributed by atoms with Crippen molar-refractivity contribution in [1.29, 1.82) is 0 Å². The molecule has 0 saturated heterocycles. The van der Waals surface area contributed by atoms with E-state index in [2.05, 4.69) is 75.6 Å². The van der Waals surface area contributed by atoms with E-state index >= 15 is 0 Å². The molecule has 0 saturated carbocycles. The van der Waals surface area contributed by atoms with Crippen molar-refractivity contribution in [2.24, 2.45) is 0 Å². The van der Waals surface area contributed by atoms with Crippen LogP contribution >= 0.6 is 0 Å². The van der Waals surface area contributed by atoms with E-state index < -0.39 is 16.2 Å². The largest absolute Gasteiger partial charge is 0.333 e. The first kappa shape index (κ1) is 68.3. The Balaban J connectivity index is 0.00000161. The smallest absolute Gasteiger partial charge is 0.317 e. The molecular formula is C61H121N5O3S. The number of benzene rings is 1. The standard InChI is InChI=1S/C37H70N4O3S.C24H51N/c1-7-9-11-13-15-17-19-21-23-25-30-41(31-26-24-22-20-18-16-14-12-10-8-2)40-45(43,44)39-37(42)38-36-34(32(3)4)28-27-29-35(36)33(5)6;1-3-5-7-9-11-13-15-17-19-21-23-25-24-22-20-18-16-14-12-10-8-6-4-2/h27-29,32-33,40H,7-26,30-31H2,1-6H3,(H2,38,39,42);25H,3-24H2,1-2H3. The molecule has 0 aliphatic rings. The number of carbonyl (C=O) groups is 1. The van der Waals surface area contributed by atoms with Gasteiger partial charge in [0.25, 0.3) is 0 Å². The van der Waals surface area contributed by atoms with Gasteiger partial charge in [-0.25, -0.2) is 14.5 Å². The molecule has 0 bridgehead atoms. The van der Waals surface area contributed by atoms with Gasteiger partial charge in [-0.05, 0) is 61.7 Å². The Morgan fingerprint density at radius 2 is 0.700 bits per heavy atom. The van der Waals surface area contributed by atoms with Crippen molar-refractivity contribution in [2.75, 3.05) is 31.5 Å². The molecule has 0 aliphatic carbocycles. The van der Waals surface area contributed by atoms with Gasteiger partial charge in [0.15, 0.2) is 0 Å². The molecule has 0 spiro atoms. The summed E-state index contributed by atoms with van der Waals surface area (Å²) in [5, 5.41) is 8.29. The van der Waals surface area contributed by atoms with Crippen molar-refractivity contribution in [2.45, 2.75) is 324 Å². The van der Waals surface area contributed by atoms with Crippen LogP contribution in [0.2, 0.25) is 0 Å². The van der Waals surface area contributed by atoms with E-state index in [1.54, 1.807) is 5.01 Å². The average Bonchev–Trinajstić information content (AvgIpc) is 3.32. The quantitative estimate of drug-likeness (QED) is 0.0385. The lowest BCUT2D eigenvalue weighted by Crippen LogP contribution is -2.50. The van der Waals surface area contributed by atoms with Crippen LogP contribution < -0.4 is 20.2 Å². The normalized spacial score (nSPS) is 11.8. The number of rotatable bonds is 50. The van der Waals surface area contributed by atoms with E-state index in [1.165, 1.54) is 244 Å². The van der Waals surface area contributed by atoms with Gasteiger partial charge >= 0.3 is 16.2 Å². The van der Waals surface area contributed by atoms with Crippen LogP contribution in [-0.2, 0) is 10.2 Å². The average molecular weight is 1000 g/mol. The molecule has 0 fully saturated rings. The number of hydrogen-bond acceptors (Lipinski definition) is 5. The predicted octanol–water partition coefficient (Wildman–Crippen LogP) is 19.4. The zero-order valence-corrected chi connectivity index (χ0v) is 48.9. The second-order valence-corrected chi connectivity index (χ2v) is 23.1. The molecule has 1 aromatic carbocycles. The molecule has 70 heavy (non-hydrogen) atoms. The molecule has 9 heteroatoms. The van der Waals surface area contributed by atoms with Gasteiger partial charge in [0.2, 0.25) is 0 Å². The van der Waals surface area contributed by atoms with E-state index in [0.717, 1.165) is 36.8 Å². The number of nitrogens with zero attached hydrogens (tertiary/aromatic N) is 1. The summed E-state index contributed by atoms with van der Waals surface area (Å²) in [6.45, 7) is 21.1. The van der Waals surface area contributed by atoms with E-state index in [9.17, 15) is 13.2 Å². The summed E-state index contributed by atoms with van der Waals surface area (Å²) in [6.07, 6.45) is 53.5. The number of unbranched alkanes of at least 4 members (excludes halogenated alkanes) is 36. The fourth-order valence-corrected chi connectivity index (χ4v) is 10.4. The van der Waals surface area contributed by atoms with Crippen molar-refractivity contribution >= 4 is 21.9 Å². The molecule has 8 nitrogen and oxygen atoms in total. The highest BCUT2D eigenvalue weighted by Crippen LogP contribution is 2.32. The van der Waals surface area contributed by atoms with E-state index in [4.69, 9.17) is 0 Å². The molecular weight excluding hydrogens is 883 g/mol. The molecule has 4 N–H and O–H groups in total. The Hall–Kier alpha value is -1.68. The Morgan fingerprint density at radius 3 is 0.986 bits per heavy atom. The van der Waals surface area contributed by atoms with Crippen LogP contribution in [0, 0.1) is 0 Å². The predicted molar refractivity (Wildman–Crippen MR) is 311 cm³/mol. The Labute approximate surface area is 437 Å². The van der Waals surface area contributed by atoms with Crippen LogP contribution in [0.4, 0.5) is 10.5 Å². The van der Waals surface area contributed by atoms with Crippen molar-refractivity contribution in [3.63, 3.8) is 0 Å². The third-order valence-corrected chi connectivity index (χ3v) is 15.0. The number of hydrogen-bond donors (Lipinski definition) is 4. The molecule has 1 rings (SSSR count). The van der Waals surface area contributed by atoms with Crippen LogP contribution in [0.5, 0.6) is 0 Å². The number of anilines is 1. The summed E-state index contributed by atoms with van der Waals surface area (Å²) in [4.78, 5) is 15.7. The second kappa shape index (κ2) is 50.8. The lowest BCUT2D eigenvalue weighted by atomic mass is 9.93. The lowest BCUT2D eigenvalue weighted by molar-refractivity contribution is 0.226. The van der Waals surface area contributed by atoms with Crippen LogP contribution in [0.25, 0.3) is 0 Å². The summed E-state index contributed by atoms with van der Waals surface area (Å²) < 4.78 is 28.5. The van der Waals surface area contributed by atoms with Crippen LogP contribution in [0.3, 0.4) is 0 Å². The zero-order chi connectivity index (χ0) is 51.6. The molecule has 1 aromatic rings. The fraction of sp³-hybridized carbons (Fsp3) is 0.885. The third-order valence-electron chi connectivity index (χ3n) is 14.1. The summed E-state index contributed by atoms with van der Waals surface area (Å²) >= 11 is 0. The number of carbonyl (C=O) groups excluding carboxylic acids is 1. The summed E-state index contributed by atoms with van der Waals surface area (Å²) in [7, 11) is -4.08.